The average molecular weight is 282 g/mol. The van der Waals surface area contributed by atoms with E-state index in [1.807, 2.05) is 6.92 Å². The smallest absolute Gasteiger partial charge is 0.192 e. The number of aliphatic hydroxyl groups excluding tert-OH is 1. The molecule has 0 spiro atoms. The van der Waals surface area contributed by atoms with Gasteiger partial charge in [-0.25, -0.2) is 0 Å². The van der Waals surface area contributed by atoms with E-state index in [4.69, 9.17) is 4.43 Å². The lowest BCUT2D eigenvalue weighted by Gasteiger charge is -2.35. The van der Waals surface area contributed by atoms with Gasteiger partial charge in [-0.3, -0.25) is 0 Å². The van der Waals surface area contributed by atoms with Crippen LogP contribution >= 0.6 is 0 Å². The lowest BCUT2D eigenvalue weighted by molar-refractivity contribution is 0.180. The van der Waals surface area contributed by atoms with Crippen LogP contribution in [0.2, 0.25) is 18.1 Å². The first kappa shape index (κ1) is 18.4. The van der Waals surface area contributed by atoms with Crippen LogP contribution in [0.5, 0.6) is 0 Å². The molecule has 0 aromatic carbocycles. The summed E-state index contributed by atoms with van der Waals surface area (Å²) in [4.78, 5) is 0. The Labute approximate surface area is 120 Å². The lowest BCUT2D eigenvalue weighted by Crippen LogP contribution is -2.40. The number of hydrogen-bond donors (Lipinski definition) is 1. The third-order valence-corrected chi connectivity index (χ3v) is 8.08. The van der Waals surface area contributed by atoms with Gasteiger partial charge in [0.15, 0.2) is 8.32 Å². The molecule has 0 aromatic heterocycles. The van der Waals surface area contributed by atoms with Crippen molar-refractivity contribution >= 4 is 8.32 Å². The maximum Gasteiger partial charge on any atom is 0.192 e. The zero-order valence-electron chi connectivity index (χ0n) is 13.5. The summed E-state index contributed by atoms with van der Waals surface area (Å²) in [6.07, 6.45) is 1.51. The fourth-order valence-electron chi connectivity index (χ4n) is 1.33. The van der Waals surface area contributed by atoms with Crippen molar-refractivity contribution in [2.24, 2.45) is 0 Å². The second-order valence-corrected chi connectivity index (χ2v) is 11.5. The molecule has 0 aliphatic carbocycles. The third-order valence-electron chi connectivity index (χ3n) is 3.54. The normalized spacial score (nSPS) is 13.6. The van der Waals surface area contributed by atoms with E-state index in [0.29, 0.717) is 19.4 Å². The topological polar surface area (TPSA) is 29.5 Å². The van der Waals surface area contributed by atoms with Crippen LogP contribution < -0.4 is 0 Å². The molecule has 0 saturated heterocycles. The van der Waals surface area contributed by atoms with E-state index in [1.165, 1.54) is 0 Å². The number of hydrogen-bond acceptors (Lipinski definition) is 2. The van der Waals surface area contributed by atoms with Crippen LogP contribution in [0, 0.1) is 11.8 Å². The Morgan fingerprint density at radius 2 is 1.89 bits per heavy atom. The zero-order chi connectivity index (χ0) is 15.1. The Balaban J connectivity index is 3.91. The molecule has 0 rings (SSSR count). The van der Waals surface area contributed by atoms with Crippen LogP contribution in [0.3, 0.4) is 0 Å². The highest BCUT2D eigenvalue weighted by Gasteiger charge is 2.36. The first-order valence-corrected chi connectivity index (χ1v) is 9.89. The predicted molar refractivity (Wildman–Crippen MR) is 85.6 cm³/mol. The van der Waals surface area contributed by atoms with E-state index in [-0.39, 0.29) is 11.1 Å². The van der Waals surface area contributed by atoms with Crippen molar-refractivity contribution in [1.82, 2.24) is 0 Å². The minimum atomic E-state index is -1.64. The van der Waals surface area contributed by atoms with Crippen molar-refractivity contribution in [2.75, 3.05) is 6.61 Å². The molecule has 0 aliphatic heterocycles. The molecule has 0 aliphatic rings. The zero-order valence-corrected chi connectivity index (χ0v) is 14.5. The van der Waals surface area contributed by atoms with Crippen molar-refractivity contribution in [3.8, 4) is 11.8 Å². The van der Waals surface area contributed by atoms with E-state index in [9.17, 15) is 5.11 Å². The summed E-state index contributed by atoms with van der Waals surface area (Å²) in [5.41, 5.74) is 0.996. The molecule has 19 heavy (non-hydrogen) atoms. The molecule has 0 aromatic rings. The van der Waals surface area contributed by atoms with Crippen molar-refractivity contribution < 1.29 is 9.53 Å². The Kier molecular flexibility index (Phi) is 7.66. The van der Waals surface area contributed by atoms with Gasteiger partial charge >= 0.3 is 0 Å². The van der Waals surface area contributed by atoms with Crippen molar-refractivity contribution in [3.63, 3.8) is 0 Å². The molecular weight excluding hydrogens is 252 g/mol. The van der Waals surface area contributed by atoms with Crippen LogP contribution in [-0.4, -0.2) is 26.1 Å². The summed E-state index contributed by atoms with van der Waals surface area (Å²) in [5, 5.41) is 9.87. The van der Waals surface area contributed by atoms with E-state index >= 15 is 0 Å². The molecular formula is C16H30O2Si. The molecule has 0 amide bonds. The van der Waals surface area contributed by atoms with Gasteiger partial charge in [0.05, 0.1) is 6.10 Å². The monoisotopic (exact) mass is 282 g/mol. The summed E-state index contributed by atoms with van der Waals surface area (Å²) in [6, 6.07) is 0. The quantitative estimate of drug-likeness (QED) is 0.344. The number of rotatable bonds is 6. The Hall–Kier alpha value is -0.563. The summed E-state index contributed by atoms with van der Waals surface area (Å²) in [7, 11) is -1.64. The molecule has 0 radical (unpaired) electrons. The highest BCUT2D eigenvalue weighted by molar-refractivity contribution is 6.74. The fourth-order valence-corrected chi connectivity index (χ4v) is 2.37. The van der Waals surface area contributed by atoms with E-state index in [0.717, 1.165) is 12.0 Å². The highest BCUT2D eigenvalue weighted by atomic mass is 28.4. The van der Waals surface area contributed by atoms with Crippen LogP contribution in [0.1, 0.15) is 47.0 Å². The fraction of sp³-hybridized carbons (Fsp3) is 0.750. The predicted octanol–water partition coefficient (Wildman–Crippen LogP) is 4.12. The van der Waals surface area contributed by atoms with E-state index < -0.39 is 8.32 Å². The van der Waals surface area contributed by atoms with Gasteiger partial charge in [0, 0.05) is 19.4 Å². The summed E-state index contributed by atoms with van der Waals surface area (Å²) in [5.74, 6) is 6.08. The van der Waals surface area contributed by atoms with Gasteiger partial charge in [-0.1, -0.05) is 26.3 Å². The van der Waals surface area contributed by atoms with Gasteiger partial charge in [-0.05, 0) is 31.5 Å². The van der Waals surface area contributed by atoms with Gasteiger partial charge in [-0.2, -0.15) is 0 Å². The largest absolute Gasteiger partial charge is 0.416 e. The minimum Gasteiger partial charge on any atom is -0.416 e. The highest BCUT2D eigenvalue weighted by Crippen LogP contribution is 2.36. The summed E-state index contributed by atoms with van der Waals surface area (Å²) >= 11 is 0. The standard InChI is InChI=1S/C16H30O2Si/c1-14(2)13-15(17)11-9-8-10-12-18-19(6,7)16(3,4)5/h15,17H,1,10-13H2,2-7H3/t15-/m1/s1. The van der Waals surface area contributed by atoms with Gasteiger partial charge in [0.1, 0.15) is 0 Å². The minimum absolute atomic E-state index is 0.248. The molecule has 0 bridgehead atoms. The maximum absolute atomic E-state index is 9.62. The van der Waals surface area contributed by atoms with E-state index in [1.54, 1.807) is 0 Å². The van der Waals surface area contributed by atoms with Crippen LogP contribution in [0.15, 0.2) is 12.2 Å². The van der Waals surface area contributed by atoms with Crippen LogP contribution in [0.4, 0.5) is 0 Å². The van der Waals surface area contributed by atoms with E-state index in [2.05, 4.69) is 52.3 Å². The molecule has 0 fully saturated rings. The van der Waals surface area contributed by atoms with Crippen LogP contribution in [-0.2, 0) is 4.43 Å². The van der Waals surface area contributed by atoms with Gasteiger partial charge in [0.2, 0.25) is 0 Å². The van der Waals surface area contributed by atoms with Crippen molar-refractivity contribution in [3.05, 3.63) is 12.2 Å². The van der Waals surface area contributed by atoms with Gasteiger partial charge in [0.25, 0.3) is 0 Å². The first-order valence-electron chi connectivity index (χ1n) is 6.98. The molecule has 0 unspecified atom stereocenters. The number of aliphatic hydroxyl groups is 1. The molecule has 1 atom stereocenters. The molecule has 0 heterocycles. The summed E-state index contributed by atoms with van der Waals surface area (Å²) in [6.45, 7) is 17.6. The molecule has 1 N–H and O–H groups in total. The van der Waals surface area contributed by atoms with Crippen LogP contribution in [0.25, 0.3) is 0 Å². The average Bonchev–Trinajstić information content (AvgIpc) is 2.20. The lowest BCUT2D eigenvalue weighted by atomic mass is 10.1. The second-order valence-electron chi connectivity index (χ2n) is 6.73. The second kappa shape index (κ2) is 7.89. The Morgan fingerprint density at radius 1 is 1.32 bits per heavy atom. The Morgan fingerprint density at radius 3 is 2.37 bits per heavy atom. The van der Waals surface area contributed by atoms with Gasteiger partial charge in [-0.15, -0.1) is 18.4 Å². The third kappa shape index (κ3) is 8.25. The maximum atomic E-state index is 9.62. The summed E-state index contributed by atoms with van der Waals surface area (Å²) < 4.78 is 6.03. The SMILES string of the molecule is C=C(C)C[C@H](O)CC#CCCO[Si](C)(C)C(C)(C)C. The molecule has 0 saturated carbocycles. The first-order chi connectivity index (χ1) is 8.56. The van der Waals surface area contributed by atoms with Crippen molar-refractivity contribution in [2.45, 2.75) is 71.2 Å². The van der Waals surface area contributed by atoms with Gasteiger partial charge < -0.3 is 9.53 Å². The molecule has 3 heteroatoms. The Bertz CT molecular complexity index is 342. The molecule has 110 valence electrons. The van der Waals surface area contributed by atoms with Crippen molar-refractivity contribution in [1.29, 1.82) is 0 Å². The molecule has 2 nitrogen and oxygen atoms in total.